The Kier molecular flexibility index (Phi) is 44.6. The zero-order valence-electron chi connectivity index (χ0n) is 80.1. The highest BCUT2D eigenvalue weighted by Gasteiger charge is 2.41. The first-order valence-electron chi connectivity index (χ1n) is 46.2. The lowest BCUT2D eigenvalue weighted by Gasteiger charge is -2.32. The smallest absolute Gasteiger partial charge is 0.305 e. The van der Waals surface area contributed by atoms with E-state index in [-0.39, 0.29) is 88.5 Å². The Balaban J connectivity index is 1.34. The molecule has 0 aliphatic carbocycles. The number of nitrogens with one attached hydrogen (secondary N) is 19. The van der Waals surface area contributed by atoms with Crippen LogP contribution in [-0.4, -0.2) is 267 Å². The van der Waals surface area contributed by atoms with E-state index in [9.17, 15) is 58.5 Å². The quantitative estimate of drug-likeness (QED) is 0.0148. The van der Waals surface area contributed by atoms with Gasteiger partial charge in [0.2, 0.25) is 94.5 Å². The summed E-state index contributed by atoms with van der Waals surface area (Å²) < 4.78 is 0. The summed E-state index contributed by atoms with van der Waals surface area (Å²) in [6.45, 7) is 12.5. The molecule has 44 heteroatoms. The third kappa shape index (κ3) is 36.6. The van der Waals surface area contributed by atoms with Crippen molar-refractivity contribution in [3.63, 3.8) is 0 Å². The van der Waals surface area contributed by atoms with Crippen LogP contribution in [0.3, 0.4) is 0 Å². The summed E-state index contributed by atoms with van der Waals surface area (Å²) in [5.74, 6) is -22.3. The van der Waals surface area contributed by atoms with Crippen molar-refractivity contribution in [3.05, 3.63) is 162 Å². The molecule has 14 atom stereocenters. The number of amides is 16. The number of thioether (sulfide) groups is 1. The van der Waals surface area contributed by atoms with Gasteiger partial charge in [-0.1, -0.05) is 171 Å². The molecule has 0 radical (unpaired) electrons. The van der Waals surface area contributed by atoms with Gasteiger partial charge in [-0.25, -0.2) is 0 Å². The van der Waals surface area contributed by atoms with Crippen molar-refractivity contribution in [2.45, 2.75) is 218 Å². The Bertz CT molecular complexity index is 5300. The molecule has 1 aliphatic heterocycles. The number of phenolic OH excluding ortho intramolecular Hbond substituents is 1. The van der Waals surface area contributed by atoms with Crippen LogP contribution in [0.2, 0.25) is 0 Å². The highest BCUT2D eigenvalue weighted by atomic mass is 32.2. The van der Waals surface area contributed by atoms with E-state index in [0.717, 1.165) is 16.0 Å². The van der Waals surface area contributed by atoms with Crippen molar-refractivity contribution in [1.82, 2.24) is 95.0 Å². The summed E-state index contributed by atoms with van der Waals surface area (Å²) in [6.07, 6.45) is -1.43. The molecular weight excluding hydrogens is 1830 g/mol. The van der Waals surface area contributed by atoms with Crippen LogP contribution < -0.4 is 102 Å². The van der Waals surface area contributed by atoms with E-state index in [4.69, 9.17) is 28.0 Å². The number of H-pyrrole nitrogens is 1. The van der Waals surface area contributed by atoms with Gasteiger partial charge in [-0.2, -0.15) is 0 Å². The van der Waals surface area contributed by atoms with E-state index in [1.807, 2.05) is 30.3 Å². The highest BCUT2D eigenvalue weighted by molar-refractivity contribution is 8.00. The second-order valence-electron chi connectivity index (χ2n) is 35.9. The first-order chi connectivity index (χ1) is 66.4. The molecule has 140 heavy (non-hydrogen) atoms. The molecule has 1 aromatic heterocycles. The molecule has 0 bridgehead atoms. The zero-order chi connectivity index (χ0) is 103. The standard InChI is InChI=1S/C96H133N23O20S/c1-51(2)39-67-84(129)111-70(43-58-31-35-62(121)36-32-58)87(132)113-73(45-78(124)125)88(133)112-72(44-61-46-104-64-26-18-17-25-63(61)64)90(135)118-79(53(5)6)92(137)114-71(42-57-29-33-60(34-30-57)59-23-15-12-16-24-59)86(131)108-66(28-20-38-103-96(100)101)94(139)119(10)55(9)81(126)109-69(41-56-21-13-11-14-22-56)85(130)107-65(27-19-37-102-95(98)99)83(128)110-68(40-52(3)4)89(134)117-80(54(7)8)93(138)115-74(48-120)91(136)116-75(49-140-50-77(123)106-67)82(127)105-47-76(97)122/h11-18,21-26,29-36,46,51-55,65-75,79-80,104,120-121H,19-20,27-28,37-45,47-50H2,1-10H3,(H2,97,122)(H,105,127)(H,106,123)(H,107,130)(H,108,131)(H,109,126)(H,110,128)(H,111,129)(H,112,133)(H,113,132)(H,114,137)(H,115,138)(H,116,136)(H,117,134)(H,118,135)(H,124,125)(H4,98,99,102)(H4,100,101,103)/t55-,65-,66-,67-,68-,69+,70-,71-,72-,73-,74-,75-,79-,80-/m0/s1. The maximum absolute atomic E-state index is 15.6. The molecule has 1 saturated heterocycles. The molecule has 6 aromatic rings. The number of carboxylic acids is 1. The van der Waals surface area contributed by atoms with Crippen molar-refractivity contribution < 1.29 is 96.8 Å². The van der Waals surface area contributed by atoms with Gasteiger partial charge in [-0.3, -0.25) is 92.3 Å². The number of aliphatic hydroxyl groups excluding tert-OH is 1. The number of aromatic amines is 1. The van der Waals surface area contributed by atoms with Crippen molar-refractivity contribution in [3.8, 4) is 16.9 Å². The summed E-state index contributed by atoms with van der Waals surface area (Å²) in [5.41, 5.74) is 20.6. The molecule has 0 unspecified atom stereocenters. The number of aromatic nitrogens is 1. The SMILES string of the molecule is CC(C)C[C@@H]1NC(=O)CSC[C@@H](C(=O)NCC(N)=O)NC(=O)[C@H](CO)NC(=O)[C@H](C(C)C)NC(=O)[C@H](CC(C)C)NC(=O)[C@H](CCCNC(=N)N)NC(=O)[C@@H](Cc2ccccc2)NC(=O)[C@H](C)N(C)C(=O)[C@H](CCCNC(=N)N)NC(=O)[C@H](Cc2ccc(-c3ccccc3)cc2)NC(=O)[C@H](C(C)C)NC(=O)[C@H](Cc2c[nH]c3ccccc23)NC(=O)[C@H](CC(=O)O)NC(=O)[C@H](Cc2ccc(O)cc2)NC1=O. The van der Waals surface area contributed by atoms with E-state index in [1.54, 1.807) is 127 Å². The molecule has 43 nitrogen and oxygen atoms in total. The molecule has 7 rings (SSSR count). The second-order valence-corrected chi connectivity index (χ2v) is 36.9. The number of carboxylic acid groups (broad SMARTS) is 1. The van der Waals surface area contributed by atoms with Crippen molar-refractivity contribution in [2.24, 2.45) is 40.9 Å². The van der Waals surface area contributed by atoms with Crippen LogP contribution in [-0.2, 0) is 107 Å². The van der Waals surface area contributed by atoms with Crippen molar-refractivity contribution in [1.29, 1.82) is 10.8 Å². The number of hydrogen-bond donors (Lipinski definition) is 25. The number of guanidine groups is 2. The molecule has 5 aromatic carbocycles. The van der Waals surface area contributed by atoms with Crippen LogP contribution in [0.5, 0.6) is 5.75 Å². The van der Waals surface area contributed by atoms with Gasteiger partial charge in [-0.15, -0.1) is 11.8 Å². The number of carbonyl (C=O) groups is 17. The van der Waals surface area contributed by atoms with E-state index < -0.39 is 246 Å². The molecule has 16 amide bonds. The molecule has 0 saturated carbocycles. The number of hydrogen-bond acceptors (Lipinski definition) is 22. The molecule has 758 valence electrons. The maximum atomic E-state index is 15.6. The summed E-state index contributed by atoms with van der Waals surface area (Å²) in [7, 11) is 1.26. The predicted octanol–water partition coefficient (Wildman–Crippen LogP) is -1.29. The minimum atomic E-state index is -2.06. The summed E-state index contributed by atoms with van der Waals surface area (Å²) in [5, 5.41) is 89.6. The summed E-state index contributed by atoms with van der Waals surface area (Å²) in [4.78, 5) is 253. The number of aliphatic hydroxyl groups is 1. The van der Waals surface area contributed by atoms with Crippen LogP contribution >= 0.6 is 11.8 Å². The number of nitrogens with zero attached hydrogens (tertiary/aromatic N) is 1. The Morgan fingerprint density at radius 2 is 0.850 bits per heavy atom. The molecule has 2 heterocycles. The lowest BCUT2D eigenvalue weighted by atomic mass is 9.98. The average molecular weight is 1960 g/mol. The van der Waals surface area contributed by atoms with Crippen LogP contribution in [0.15, 0.2) is 140 Å². The molecule has 28 N–H and O–H groups in total. The highest BCUT2D eigenvalue weighted by Crippen LogP contribution is 2.24. The monoisotopic (exact) mass is 1960 g/mol. The van der Waals surface area contributed by atoms with Gasteiger partial charge >= 0.3 is 5.97 Å². The topological polar surface area (TPSA) is 688 Å². The number of carbonyl (C=O) groups excluding carboxylic acids is 16. The molecule has 1 aliphatic rings. The van der Waals surface area contributed by atoms with Gasteiger partial charge in [0, 0.05) is 68.7 Å². The average Bonchev–Trinajstić information content (AvgIpc) is 1.10. The number of phenols is 1. The van der Waals surface area contributed by atoms with E-state index in [0.29, 0.717) is 44.9 Å². The van der Waals surface area contributed by atoms with E-state index in [2.05, 4.69) is 90.1 Å². The number of likely N-dealkylation sites (N-methyl/N-ethyl adjacent to an activating group) is 1. The number of primary amides is 1. The largest absolute Gasteiger partial charge is 0.508 e. The van der Waals surface area contributed by atoms with E-state index in [1.165, 1.54) is 52.1 Å². The first-order valence-corrected chi connectivity index (χ1v) is 47.4. The number of benzene rings is 5. The Morgan fingerprint density at radius 1 is 0.450 bits per heavy atom. The van der Waals surface area contributed by atoms with Crippen molar-refractivity contribution >= 4 is 135 Å². The number of aliphatic carboxylic acids is 1. The van der Waals surface area contributed by atoms with Gasteiger partial charge in [0.05, 0.1) is 25.3 Å². The van der Waals surface area contributed by atoms with Gasteiger partial charge in [0.25, 0.3) is 0 Å². The van der Waals surface area contributed by atoms with Gasteiger partial charge < -0.3 is 127 Å². The predicted molar refractivity (Wildman–Crippen MR) is 523 cm³/mol. The number of aromatic hydroxyl groups is 1. The summed E-state index contributed by atoms with van der Waals surface area (Å²) in [6, 6.07) is 14.0. The fourth-order valence-corrected chi connectivity index (χ4v) is 16.1. The number of nitrogens with two attached hydrogens (primary N) is 3. The van der Waals surface area contributed by atoms with E-state index >= 15 is 38.4 Å². The summed E-state index contributed by atoms with van der Waals surface area (Å²) >= 11 is 0.717. The van der Waals surface area contributed by atoms with Crippen molar-refractivity contribution in [2.75, 3.05) is 44.8 Å². The lowest BCUT2D eigenvalue weighted by molar-refractivity contribution is -0.142. The molecule has 0 spiro atoms. The fourth-order valence-electron chi connectivity index (χ4n) is 15.2. The van der Waals surface area contributed by atoms with Gasteiger partial charge in [0.1, 0.15) is 90.3 Å². The normalized spacial score (nSPS) is 22.6. The number of para-hydroxylation sites is 1. The number of fused-ring (bicyclic) bond motifs is 1. The van der Waals surface area contributed by atoms with Gasteiger partial charge in [0.15, 0.2) is 11.9 Å². The van der Waals surface area contributed by atoms with Crippen LogP contribution in [0.4, 0.5) is 0 Å². The molecule has 1 fully saturated rings. The minimum absolute atomic E-state index is 0.00571. The Labute approximate surface area is 815 Å². The molecular formula is C96H133N23O20S. The Hall–Kier alpha value is -14.7. The third-order valence-corrected chi connectivity index (χ3v) is 24.0. The Morgan fingerprint density at radius 3 is 1.36 bits per heavy atom. The maximum Gasteiger partial charge on any atom is 0.305 e. The first kappa shape index (κ1) is 112. The fraction of sp³-hybridized carbons (Fsp3) is 0.469. The van der Waals surface area contributed by atoms with Crippen LogP contribution in [0.1, 0.15) is 130 Å². The lowest BCUT2D eigenvalue weighted by Crippen LogP contribution is -2.62. The van der Waals surface area contributed by atoms with Gasteiger partial charge in [-0.05, 0) is 121 Å². The minimum Gasteiger partial charge on any atom is -0.508 e. The van der Waals surface area contributed by atoms with Crippen LogP contribution in [0.25, 0.3) is 22.0 Å². The third-order valence-electron chi connectivity index (χ3n) is 22.9. The zero-order valence-corrected chi connectivity index (χ0v) is 80.9. The van der Waals surface area contributed by atoms with Crippen LogP contribution in [0, 0.1) is 34.5 Å². The number of rotatable bonds is 29. The second kappa shape index (κ2) is 55.6.